The first-order chi connectivity index (χ1) is 14.5. The zero-order valence-electron chi connectivity index (χ0n) is 16.9. The number of ether oxygens (including phenoxy) is 2. The monoisotopic (exact) mass is 425 g/mol. The van der Waals surface area contributed by atoms with Crippen LogP contribution in [0.1, 0.15) is 34.0 Å². The summed E-state index contributed by atoms with van der Waals surface area (Å²) in [5.41, 5.74) is 4.11. The van der Waals surface area contributed by atoms with Crippen LogP contribution in [0, 0.1) is 6.92 Å². The highest BCUT2D eigenvalue weighted by molar-refractivity contribution is 6.33. The average molecular weight is 426 g/mol. The number of hydrogen-bond donors (Lipinski definition) is 2. The second kappa shape index (κ2) is 10.0. The highest BCUT2D eigenvalue weighted by Crippen LogP contribution is 2.30. The van der Waals surface area contributed by atoms with E-state index in [1.54, 1.807) is 12.1 Å². The lowest BCUT2D eigenvalue weighted by Gasteiger charge is -2.14. The van der Waals surface area contributed by atoms with Crippen molar-refractivity contribution in [3.8, 4) is 11.5 Å². The Morgan fingerprint density at radius 3 is 2.53 bits per heavy atom. The van der Waals surface area contributed by atoms with Crippen molar-refractivity contribution in [1.29, 1.82) is 0 Å². The van der Waals surface area contributed by atoms with Crippen molar-refractivity contribution in [2.75, 3.05) is 11.9 Å². The van der Waals surface area contributed by atoms with Gasteiger partial charge < -0.3 is 19.9 Å². The van der Waals surface area contributed by atoms with E-state index < -0.39 is 5.97 Å². The summed E-state index contributed by atoms with van der Waals surface area (Å²) >= 11 is 6.03. The van der Waals surface area contributed by atoms with Crippen LogP contribution in [0.15, 0.2) is 60.7 Å². The minimum Gasteiger partial charge on any atom is -0.490 e. The topological polar surface area (TPSA) is 67.8 Å². The van der Waals surface area contributed by atoms with Crippen molar-refractivity contribution in [3.63, 3.8) is 0 Å². The molecule has 0 heterocycles. The van der Waals surface area contributed by atoms with Gasteiger partial charge in [-0.1, -0.05) is 47.5 Å². The van der Waals surface area contributed by atoms with Crippen LogP contribution in [0.4, 0.5) is 5.69 Å². The van der Waals surface area contributed by atoms with Gasteiger partial charge in [0.25, 0.3) is 0 Å². The Bertz CT molecular complexity index is 1040. The van der Waals surface area contributed by atoms with Crippen molar-refractivity contribution in [3.05, 3.63) is 87.9 Å². The lowest BCUT2D eigenvalue weighted by Crippen LogP contribution is -2.04. The van der Waals surface area contributed by atoms with E-state index in [9.17, 15) is 4.79 Å². The number of aryl methyl sites for hydroxylation is 1. The van der Waals surface area contributed by atoms with Crippen LogP contribution in [0.2, 0.25) is 5.02 Å². The predicted molar refractivity (Wildman–Crippen MR) is 119 cm³/mol. The second-order valence-electron chi connectivity index (χ2n) is 6.85. The van der Waals surface area contributed by atoms with Gasteiger partial charge in [-0.25, -0.2) is 4.79 Å². The number of benzene rings is 3. The molecule has 30 heavy (non-hydrogen) atoms. The van der Waals surface area contributed by atoms with Crippen LogP contribution in [-0.4, -0.2) is 17.7 Å². The molecule has 0 aliphatic rings. The molecular weight excluding hydrogens is 402 g/mol. The van der Waals surface area contributed by atoms with Crippen LogP contribution in [-0.2, 0) is 13.2 Å². The molecule has 3 aromatic carbocycles. The summed E-state index contributed by atoms with van der Waals surface area (Å²) in [4.78, 5) is 11.1. The number of carboxylic acids is 1. The summed E-state index contributed by atoms with van der Waals surface area (Å²) in [7, 11) is 0. The molecule has 0 saturated heterocycles. The van der Waals surface area contributed by atoms with Crippen molar-refractivity contribution in [1.82, 2.24) is 0 Å². The van der Waals surface area contributed by atoms with E-state index in [1.807, 2.05) is 37.3 Å². The molecule has 3 aromatic rings. The average Bonchev–Trinajstić information content (AvgIpc) is 2.71. The van der Waals surface area contributed by atoms with Crippen molar-refractivity contribution < 1.29 is 19.4 Å². The third-order valence-electron chi connectivity index (χ3n) is 4.48. The van der Waals surface area contributed by atoms with Crippen LogP contribution in [0.25, 0.3) is 0 Å². The first-order valence-electron chi connectivity index (χ1n) is 9.67. The molecule has 0 atom stereocenters. The minimum absolute atomic E-state index is 0.0796. The van der Waals surface area contributed by atoms with Gasteiger partial charge >= 0.3 is 5.97 Å². The smallest absolute Gasteiger partial charge is 0.337 e. The molecular formula is C24H24ClNO4. The molecule has 2 N–H and O–H groups in total. The van der Waals surface area contributed by atoms with Crippen molar-refractivity contribution in [2.24, 2.45) is 0 Å². The maximum atomic E-state index is 11.1. The summed E-state index contributed by atoms with van der Waals surface area (Å²) in [6.45, 7) is 5.51. The molecule has 0 aliphatic carbocycles. The van der Waals surface area contributed by atoms with Crippen molar-refractivity contribution in [2.45, 2.75) is 27.0 Å². The first kappa shape index (κ1) is 21.5. The lowest BCUT2D eigenvalue weighted by atomic mass is 10.1. The molecule has 0 saturated carbocycles. The SMILES string of the molecule is CCOc1cc(CNc2ccc(C(=O)O)c(Cl)c2)ccc1OCc1cccc(C)c1. The van der Waals surface area contributed by atoms with E-state index in [2.05, 4.69) is 24.4 Å². The quantitative estimate of drug-likeness (QED) is 0.444. The fraction of sp³-hybridized carbons (Fsp3) is 0.208. The maximum Gasteiger partial charge on any atom is 0.337 e. The maximum absolute atomic E-state index is 11.1. The number of rotatable bonds is 9. The van der Waals surface area contributed by atoms with Gasteiger partial charge in [-0.3, -0.25) is 0 Å². The Kier molecular flexibility index (Phi) is 7.20. The third-order valence-corrected chi connectivity index (χ3v) is 4.79. The molecule has 0 spiro atoms. The highest BCUT2D eigenvalue weighted by atomic mass is 35.5. The summed E-state index contributed by atoms with van der Waals surface area (Å²) in [5, 5.41) is 12.5. The molecule has 0 bridgehead atoms. The number of halogens is 1. The fourth-order valence-corrected chi connectivity index (χ4v) is 3.28. The van der Waals surface area contributed by atoms with E-state index >= 15 is 0 Å². The molecule has 0 radical (unpaired) electrons. The summed E-state index contributed by atoms with van der Waals surface area (Å²) in [6, 6.07) is 18.8. The zero-order valence-corrected chi connectivity index (χ0v) is 17.7. The van der Waals surface area contributed by atoms with Gasteiger partial charge in [0.2, 0.25) is 0 Å². The number of anilines is 1. The third kappa shape index (κ3) is 5.67. The Morgan fingerprint density at radius 2 is 1.83 bits per heavy atom. The molecule has 0 fully saturated rings. The van der Waals surface area contributed by atoms with Crippen molar-refractivity contribution >= 4 is 23.3 Å². The van der Waals surface area contributed by atoms with Gasteiger partial charge in [0.05, 0.1) is 17.2 Å². The normalized spacial score (nSPS) is 10.5. The van der Waals surface area contributed by atoms with Crippen LogP contribution < -0.4 is 14.8 Å². The molecule has 0 aromatic heterocycles. The Balaban J connectivity index is 1.68. The van der Waals surface area contributed by atoms with E-state index in [-0.39, 0.29) is 10.6 Å². The van der Waals surface area contributed by atoms with E-state index in [1.165, 1.54) is 11.6 Å². The van der Waals surface area contributed by atoms with Gasteiger partial charge in [0, 0.05) is 12.2 Å². The second-order valence-corrected chi connectivity index (χ2v) is 7.25. The molecule has 156 valence electrons. The minimum atomic E-state index is -1.05. The van der Waals surface area contributed by atoms with E-state index in [0.29, 0.717) is 31.3 Å². The van der Waals surface area contributed by atoms with Gasteiger partial charge in [0.1, 0.15) is 6.61 Å². The zero-order chi connectivity index (χ0) is 21.5. The first-order valence-corrected chi connectivity index (χ1v) is 10.0. The number of aromatic carboxylic acids is 1. The largest absolute Gasteiger partial charge is 0.490 e. The number of hydrogen-bond acceptors (Lipinski definition) is 4. The number of carboxylic acid groups (broad SMARTS) is 1. The van der Waals surface area contributed by atoms with Gasteiger partial charge in [0.15, 0.2) is 11.5 Å². The van der Waals surface area contributed by atoms with Crippen LogP contribution in [0.3, 0.4) is 0 Å². The molecule has 5 nitrogen and oxygen atoms in total. The summed E-state index contributed by atoms with van der Waals surface area (Å²) in [6.07, 6.45) is 0. The molecule has 0 unspecified atom stereocenters. The van der Waals surface area contributed by atoms with E-state index in [0.717, 1.165) is 16.8 Å². The Hall–Kier alpha value is -3.18. The molecule has 6 heteroatoms. The fourth-order valence-electron chi connectivity index (χ4n) is 3.02. The van der Waals surface area contributed by atoms with Crippen LogP contribution >= 0.6 is 11.6 Å². The van der Waals surface area contributed by atoms with Gasteiger partial charge in [-0.2, -0.15) is 0 Å². The van der Waals surface area contributed by atoms with Gasteiger partial charge in [-0.15, -0.1) is 0 Å². The predicted octanol–water partition coefficient (Wildman–Crippen LogP) is 5.94. The molecule has 3 rings (SSSR count). The van der Waals surface area contributed by atoms with Gasteiger partial charge in [-0.05, 0) is 55.3 Å². The summed E-state index contributed by atoms with van der Waals surface area (Å²) in [5.74, 6) is 0.328. The standard InChI is InChI=1S/C24H24ClNO4/c1-3-29-23-12-17(14-26-19-8-9-20(24(27)28)21(25)13-19)7-10-22(23)30-15-18-6-4-5-16(2)11-18/h4-13,26H,3,14-15H2,1-2H3,(H,27,28). The molecule has 0 aliphatic heterocycles. The number of nitrogens with one attached hydrogen (secondary N) is 1. The molecule has 0 amide bonds. The summed E-state index contributed by atoms with van der Waals surface area (Å²) < 4.78 is 11.7. The Labute approximate surface area is 181 Å². The number of carbonyl (C=O) groups is 1. The highest BCUT2D eigenvalue weighted by Gasteiger charge is 2.10. The van der Waals surface area contributed by atoms with Crippen LogP contribution in [0.5, 0.6) is 11.5 Å². The van der Waals surface area contributed by atoms with E-state index in [4.69, 9.17) is 26.2 Å². The Morgan fingerprint density at radius 1 is 1.00 bits per heavy atom. The lowest BCUT2D eigenvalue weighted by molar-refractivity contribution is 0.0697.